The van der Waals surface area contributed by atoms with Gasteiger partial charge in [-0.15, -0.1) is 24.0 Å². The SMILES string of the molecule is Cc1ccc(Sc2ccccc2NCCNCCCl)c(C)c1.Cl. The minimum absolute atomic E-state index is 0. The van der Waals surface area contributed by atoms with Gasteiger partial charge in [-0.2, -0.15) is 0 Å². The maximum atomic E-state index is 5.65. The molecular weight excluding hydrogens is 347 g/mol. The van der Waals surface area contributed by atoms with E-state index in [0.717, 1.165) is 19.6 Å². The number of nitrogens with one attached hydrogen (secondary N) is 2. The molecule has 0 saturated carbocycles. The predicted molar refractivity (Wildman–Crippen MR) is 106 cm³/mol. The summed E-state index contributed by atoms with van der Waals surface area (Å²) in [6, 6.07) is 15.1. The van der Waals surface area contributed by atoms with Gasteiger partial charge in [0.1, 0.15) is 0 Å². The fourth-order valence-electron chi connectivity index (χ4n) is 2.21. The van der Waals surface area contributed by atoms with Crippen LogP contribution in [0.25, 0.3) is 0 Å². The van der Waals surface area contributed by atoms with E-state index >= 15 is 0 Å². The first-order valence-electron chi connectivity index (χ1n) is 7.55. The lowest BCUT2D eigenvalue weighted by molar-refractivity contribution is 0.741. The van der Waals surface area contributed by atoms with Gasteiger partial charge in [-0.3, -0.25) is 0 Å². The van der Waals surface area contributed by atoms with Crippen LogP contribution in [-0.2, 0) is 0 Å². The Labute approximate surface area is 154 Å². The van der Waals surface area contributed by atoms with Crippen LogP contribution < -0.4 is 10.6 Å². The zero-order valence-electron chi connectivity index (χ0n) is 13.6. The van der Waals surface area contributed by atoms with Crippen LogP contribution >= 0.6 is 35.8 Å². The topological polar surface area (TPSA) is 24.1 Å². The minimum atomic E-state index is 0. The lowest BCUT2D eigenvalue weighted by Gasteiger charge is -2.13. The summed E-state index contributed by atoms with van der Waals surface area (Å²) in [7, 11) is 0. The number of halogens is 2. The molecule has 23 heavy (non-hydrogen) atoms. The zero-order chi connectivity index (χ0) is 15.8. The summed E-state index contributed by atoms with van der Waals surface area (Å²) >= 11 is 7.47. The first-order valence-corrected chi connectivity index (χ1v) is 8.90. The molecular formula is C18H24Cl2N2S. The molecule has 2 rings (SSSR count). The number of hydrogen-bond donors (Lipinski definition) is 2. The molecule has 0 spiro atoms. The van der Waals surface area contributed by atoms with E-state index < -0.39 is 0 Å². The molecule has 0 aliphatic carbocycles. The second kappa shape index (κ2) is 10.8. The molecule has 0 atom stereocenters. The van der Waals surface area contributed by atoms with E-state index in [4.69, 9.17) is 11.6 Å². The van der Waals surface area contributed by atoms with Crippen molar-refractivity contribution in [2.45, 2.75) is 23.6 Å². The fourth-order valence-corrected chi connectivity index (χ4v) is 3.33. The van der Waals surface area contributed by atoms with Gasteiger partial charge >= 0.3 is 0 Å². The third kappa shape index (κ3) is 6.64. The fraction of sp³-hybridized carbons (Fsp3) is 0.333. The third-order valence-electron chi connectivity index (χ3n) is 3.33. The summed E-state index contributed by atoms with van der Waals surface area (Å²) in [6.07, 6.45) is 0. The van der Waals surface area contributed by atoms with Crippen LogP contribution in [0.3, 0.4) is 0 Å². The molecule has 0 amide bonds. The van der Waals surface area contributed by atoms with Crippen LogP contribution in [0.2, 0.25) is 0 Å². The summed E-state index contributed by atoms with van der Waals surface area (Å²) in [5, 5.41) is 6.79. The summed E-state index contributed by atoms with van der Waals surface area (Å²) in [5.41, 5.74) is 3.81. The summed E-state index contributed by atoms with van der Waals surface area (Å²) in [5.74, 6) is 0.652. The lowest BCUT2D eigenvalue weighted by atomic mass is 10.2. The van der Waals surface area contributed by atoms with Crippen molar-refractivity contribution in [2.24, 2.45) is 0 Å². The number of aryl methyl sites for hydroxylation is 2. The monoisotopic (exact) mass is 370 g/mol. The van der Waals surface area contributed by atoms with Crippen LogP contribution in [0.4, 0.5) is 5.69 Å². The Morgan fingerprint density at radius 3 is 2.48 bits per heavy atom. The molecule has 2 nitrogen and oxygen atoms in total. The molecule has 2 aromatic rings. The zero-order valence-corrected chi connectivity index (χ0v) is 16.0. The van der Waals surface area contributed by atoms with Gasteiger partial charge in [-0.25, -0.2) is 0 Å². The van der Waals surface area contributed by atoms with Crippen molar-refractivity contribution in [2.75, 3.05) is 30.8 Å². The van der Waals surface area contributed by atoms with Gasteiger partial charge in [0.15, 0.2) is 0 Å². The minimum Gasteiger partial charge on any atom is -0.383 e. The normalized spacial score (nSPS) is 10.2. The summed E-state index contributed by atoms with van der Waals surface area (Å²) in [4.78, 5) is 2.56. The van der Waals surface area contributed by atoms with E-state index in [1.54, 1.807) is 0 Å². The third-order valence-corrected chi connectivity index (χ3v) is 4.77. The van der Waals surface area contributed by atoms with Crippen LogP contribution in [0, 0.1) is 13.8 Å². The summed E-state index contributed by atoms with van der Waals surface area (Å²) < 4.78 is 0. The molecule has 0 bridgehead atoms. The Morgan fingerprint density at radius 2 is 1.74 bits per heavy atom. The standard InChI is InChI=1S/C18H23ClN2S.ClH/c1-14-7-8-17(15(2)13-14)22-18-6-4-3-5-16(18)21-12-11-20-10-9-19;/h3-8,13,20-21H,9-12H2,1-2H3;1H. The molecule has 2 aromatic carbocycles. The van der Waals surface area contributed by atoms with E-state index in [-0.39, 0.29) is 12.4 Å². The van der Waals surface area contributed by atoms with Crippen molar-refractivity contribution in [3.63, 3.8) is 0 Å². The van der Waals surface area contributed by atoms with E-state index in [1.165, 1.54) is 26.6 Å². The molecule has 0 aromatic heterocycles. The van der Waals surface area contributed by atoms with Crippen molar-refractivity contribution in [3.05, 3.63) is 53.6 Å². The Morgan fingerprint density at radius 1 is 0.957 bits per heavy atom. The van der Waals surface area contributed by atoms with E-state index in [0.29, 0.717) is 5.88 Å². The van der Waals surface area contributed by atoms with Crippen molar-refractivity contribution in [1.82, 2.24) is 5.32 Å². The van der Waals surface area contributed by atoms with Gasteiger partial charge in [0.25, 0.3) is 0 Å². The average Bonchev–Trinajstić information content (AvgIpc) is 2.51. The highest BCUT2D eigenvalue weighted by atomic mass is 35.5. The second-order valence-electron chi connectivity index (χ2n) is 5.23. The first-order chi connectivity index (χ1) is 10.7. The molecule has 0 unspecified atom stereocenters. The average molecular weight is 371 g/mol. The van der Waals surface area contributed by atoms with E-state index in [2.05, 4.69) is 66.9 Å². The Hall–Kier alpha value is -0.870. The van der Waals surface area contributed by atoms with Crippen LogP contribution in [0.5, 0.6) is 0 Å². The lowest BCUT2D eigenvalue weighted by Crippen LogP contribution is -2.23. The molecule has 5 heteroatoms. The molecule has 0 saturated heterocycles. The number of alkyl halides is 1. The quantitative estimate of drug-likeness (QED) is 0.498. The van der Waals surface area contributed by atoms with Crippen molar-refractivity contribution >= 4 is 41.5 Å². The maximum Gasteiger partial charge on any atom is 0.0482 e. The Balaban J connectivity index is 0.00000264. The summed E-state index contributed by atoms with van der Waals surface area (Å²) in [6.45, 7) is 6.95. The largest absolute Gasteiger partial charge is 0.383 e. The Bertz CT molecular complexity index is 605. The highest BCUT2D eigenvalue weighted by Crippen LogP contribution is 2.35. The molecule has 2 N–H and O–H groups in total. The second-order valence-corrected chi connectivity index (χ2v) is 6.69. The van der Waals surface area contributed by atoms with Gasteiger partial charge in [-0.1, -0.05) is 41.6 Å². The Kier molecular flexibility index (Phi) is 9.49. The smallest absolute Gasteiger partial charge is 0.0482 e. The van der Waals surface area contributed by atoms with Gasteiger partial charge in [0.05, 0.1) is 0 Å². The number of benzene rings is 2. The highest BCUT2D eigenvalue weighted by Gasteiger charge is 2.06. The molecule has 0 radical (unpaired) electrons. The van der Waals surface area contributed by atoms with Gasteiger partial charge in [0.2, 0.25) is 0 Å². The van der Waals surface area contributed by atoms with Crippen molar-refractivity contribution in [3.8, 4) is 0 Å². The molecule has 0 fully saturated rings. The number of para-hydroxylation sites is 1. The van der Waals surface area contributed by atoms with Gasteiger partial charge < -0.3 is 10.6 Å². The van der Waals surface area contributed by atoms with Gasteiger partial charge in [-0.05, 0) is 37.6 Å². The highest BCUT2D eigenvalue weighted by molar-refractivity contribution is 7.99. The van der Waals surface area contributed by atoms with Crippen LogP contribution in [0.15, 0.2) is 52.3 Å². The molecule has 126 valence electrons. The number of anilines is 1. The number of hydrogen-bond acceptors (Lipinski definition) is 3. The number of rotatable bonds is 8. The predicted octanol–water partition coefficient (Wildman–Crippen LogP) is 5.12. The molecule has 0 heterocycles. The van der Waals surface area contributed by atoms with Crippen molar-refractivity contribution in [1.29, 1.82) is 0 Å². The van der Waals surface area contributed by atoms with Crippen LogP contribution in [0.1, 0.15) is 11.1 Å². The van der Waals surface area contributed by atoms with Crippen molar-refractivity contribution < 1.29 is 0 Å². The molecule has 0 aliphatic heterocycles. The molecule has 0 aliphatic rings. The van der Waals surface area contributed by atoms with E-state index in [1.807, 2.05) is 11.8 Å². The van der Waals surface area contributed by atoms with Crippen LogP contribution in [-0.4, -0.2) is 25.5 Å². The van der Waals surface area contributed by atoms with E-state index in [9.17, 15) is 0 Å². The maximum absolute atomic E-state index is 5.65. The van der Waals surface area contributed by atoms with Gasteiger partial charge in [0, 0.05) is 41.0 Å². The first kappa shape index (κ1) is 20.2.